The highest BCUT2D eigenvalue weighted by Gasteiger charge is 2.45. The average Bonchev–Trinajstić information content (AvgIpc) is 3.10. The molecule has 0 bridgehead atoms. The van der Waals surface area contributed by atoms with Gasteiger partial charge < -0.3 is 25.0 Å². The number of piperazine rings is 1. The molecule has 1 heterocycles. The Labute approximate surface area is 254 Å². The molecule has 228 valence electrons. The van der Waals surface area contributed by atoms with Gasteiger partial charge in [-0.25, -0.2) is 4.79 Å². The van der Waals surface area contributed by atoms with E-state index in [9.17, 15) is 9.59 Å². The fourth-order valence-electron chi connectivity index (χ4n) is 5.71. The third-order valence-corrected chi connectivity index (χ3v) is 8.80. The second-order valence-corrected chi connectivity index (χ2v) is 11.7. The van der Waals surface area contributed by atoms with E-state index in [4.69, 9.17) is 21.1 Å². The minimum atomic E-state index is -0.803. The second kappa shape index (κ2) is 14.4. The Morgan fingerprint density at radius 1 is 1.26 bits per heavy atom. The predicted octanol–water partition coefficient (Wildman–Crippen LogP) is 5.09. The van der Waals surface area contributed by atoms with Crippen LogP contribution in [0, 0.1) is 0 Å². The van der Waals surface area contributed by atoms with Crippen LogP contribution in [0.5, 0.6) is 0 Å². The van der Waals surface area contributed by atoms with Crippen molar-refractivity contribution in [2.45, 2.75) is 69.7 Å². The second-order valence-electron chi connectivity index (χ2n) is 11.3. The van der Waals surface area contributed by atoms with E-state index < -0.39 is 11.6 Å². The summed E-state index contributed by atoms with van der Waals surface area (Å²) < 4.78 is 11.2. The van der Waals surface area contributed by atoms with E-state index in [2.05, 4.69) is 39.2 Å². The number of carbonyl (C=O) groups is 2. The number of benzene rings is 1. The van der Waals surface area contributed by atoms with Gasteiger partial charge in [0.1, 0.15) is 11.7 Å². The molecule has 0 aromatic heterocycles. The number of nitrogens with one attached hydrogen (secondary N) is 2. The quantitative estimate of drug-likeness (QED) is 0.288. The number of carbonyl (C=O) groups excluding carboxylic acids is 2. The number of allylic oxidation sites excluding steroid dienone is 1. The zero-order valence-electron chi connectivity index (χ0n) is 25.2. The van der Waals surface area contributed by atoms with E-state index in [1.54, 1.807) is 31.6 Å². The molecule has 3 unspecified atom stereocenters. The van der Waals surface area contributed by atoms with Crippen LogP contribution in [0.2, 0.25) is 5.02 Å². The maximum absolute atomic E-state index is 13.5. The molecule has 3 aliphatic rings. The molecule has 9 nitrogen and oxygen atoms in total. The molecule has 42 heavy (non-hydrogen) atoms. The van der Waals surface area contributed by atoms with E-state index in [1.165, 1.54) is 0 Å². The van der Waals surface area contributed by atoms with Crippen molar-refractivity contribution < 1.29 is 19.1 Å². The normalized spacial score (nSPS) is 22.1. The highest BCUT2D eigenvalue weighted by molar-refractivity contribution is 6.30. The topological polar surface area (TPSA) is 95.5 Å². The SMILES string of the molecule is C=C1C=C(C(/C=C/NC=NC)NC(=O)C2(OC)CCC2)c2cc(Cl)ccc2C(N2CCN(C(=O)OC(C)CC)CC2)C1. The number of hydrogen-bond acceptors (Lipinski definition) is 6. The van der Waals surface area contributed by atoms with Crippen molar-refractivity contribution in [3.8, 4) is 0 Å². The Kier molecular flexibility index (Phi) is 10.9. The van der Waals surface area contributed by atoms with Gasteiger partial charge in [-0.3, -0.25) is 14.7 Å². The Morgan fingerprint density at radius 2 is 2.00 bits per heavy atom. The van der Waals surface area contributed by atoms with Gasteiger partial charge in [0.2, 0.25) is 0 Å². The summed E-state index contributed by atoms with van der Waals surface area (Å²) in [4.78, 5) is 34.3. The molecule has 2 N–H and O–H groups in total. The Morgan fingerprint density at radius 3 is 2.62 bits per heavy atom. The van der Waals surface area contributed by atoms with Crippen LogP contribution in [0.4, 0.5) is 4.79 Å². The van der Waals surface area contributed by atoms with Crippen LogP contribution in [0.25, 0.3) is 5.57 Å². The summed E-state index contributed by atoms with van der Waals surface area (Å²) in [6.07, 6.45) is 10.8. The lowest BCUT2D eigenvalue weighted by atomic mass is 9.79. The van der Waals surface area contributed by atoms with E-state index in [0.717, 1.165) is 35.1 Å². The van der Waals surface area contributed by atoms with Gasteiger partial charge in [-0.15, -0.1) is 0 Å². The lowest BCUT2D eigenvalue weighted by molar-refractivity contribution is -0.154. The Balaban J connectivity index is 1.62. The third-order valence-electron chi connectivity index (χ3n) is 8.57. The molecule has 2 aliphatic carbocycles. The largest absolute Gasteiger partial charge is 0.446 e. The van der Waals surface area contributed by atoms with Gasteiger partial charge >= 0.3 is 6.09 Å². The number of halogens is 1. The number of nitrogens with zero attached hydrogens (tertiary/aromatic N) is 3. The van der Waals surface area contributed by atoms with Crippen LogP contribution in [0.1, 0.15) is 63.1 Å². The number of ether oxygens (including phenoxy) is 2. The summed E-state index contributed by atoms with van der Waals surface area (Å²) in [5.41, 5.74) is 3.12. The molecule has 0 spiro atoms. The Hall–Kier alpha value is -3.14. The van der Waals surface area contributed by atoms with Crippen molar-refractivity contribution >= 4 is 35.5 Å². The number of fused-ring (bicyclic) bond motifs is 1. The minimum absolute atomic E-state index is 0.0360. The molecular formula is C32H44ClN5O4. The standard InChI is InChI=1S/C32H44ClN5O4/c1-6-23(3)42-31(40)38-16-14-37(15-17-38)29-19-22(2)18-27(26-20-24(33)8-9-25(26)29)28(10-13-35-21-34-4)36-30(39)32(41-5)11-7-12-32/h8-10,13,18,20-21,23,28-29H,2,6-7,11-12,14-17,19H2,1,3-5H3,(H,34,35)(H,36,39)/b13-10+. The maximum Gasteiger partial charge on any atom is 0.410 e. The van der Waals surface area contributed by atoms with E-state index in [0.29, 0.717) is 50.5 Å². The molecule has 10 heteroatoms. The zero-order valence-corrected chi connectivity index (χ0v) is 26.0. The van der Waals surface area contributed by atoms with Crippen molar-refractivity contribution in [3.63, 3.8) is 0 Å². The van der Waals surface area contributed by atoms with Crippen LogP contribution < -0.4 is 10.6 Å². The first kappa shape index (κ1) is 31.8. The van der Waals surface area contributed by atoms with Gasteiger partial charge in [-0.05, 0) is 73.9 Å². The molecule has 4 rings (SSSR count). The smallest absolute Gasteiger partial charge is 0.410 e. The van der Waals surface area contributed by atoms with Gasteiger partial charge in [0.25, 0.3) is 5.91 Å². The molecule has 1 aromatic carbocycles. The maximum atomic E-state index is 13.5. The number of amides is 2. The monoisotopic (exact) mass is 597 g/mol. The predicted molar refractivity (Wildman–Crippen MR) is 168 cm³/mol. The first-order valence-corrected chi connectivity index (χ1v) is 15.2. The highest BCUT2D eigenvalue weighted by Crippen LogP contribution is 2.41. The summed E-state index contributed by atoms with van der Waals surface area (Å²) in [5.74, 6) is -0.133. The van der Waals surface area contributed by atoms with Crippen LogP contribution in [0.15, 0.2) is 53.7 Å². The molecule has 1 aromatic rings. The highest BCUT2D eigenvalue weighted by atomic mass is 35.5. The molecule has 1 saturated heterocycles. The number of aliphatic imine (C=N–C) groups is 1. The fourth-order valence-corrected chi connectivity index (χ4v) is 5.88. The third kappa shape index (κ3) is 7.25. The zero-order chi connectivity index (χ0) is 30.3. The summed E-state index contributed by atoms with van der Waals surface area (Å²) in [7, 11) is 3.28. The van der Waals surface area contributed by atoms with Crippen molar-refractivity contribution in [2.75, 3.05) is 40.3 Å². The van der Waals surface area contributed by atoms with Crippen molar-refractivity contribution in [2.24, 2.45) is 4.99 Å². The van der Waals surface area contributed by atoms with Crippen LogP contribution in [-0.4, -0.2) is 86.2 Å². The summed E-state index contributed by atoms with van der Waals surface area (Å²) in [5, 5.41) is 6.88. The molecule has 3 atom stereocenters. The van der Waals surface area contributed by atoms with E-state index >= 15 is 0 Å². The molecule has 0 radical (unpaired) electrons. The van der Waals surface area contributed by atoms with Gasteiger partial charge in [0, 0.05) is 57.6 Å². The minimum Gasteiger partial charge on any atom is -0.446 e. The van der Waals surface area contributed by atoms with Gasteiger partial charge in [0.05, 0.1) is 12.4 Å². The molecule has 1 aliphatic heterocycles. The first-order valence-electron chi connectivity index (χ1n) is 14.8. The molecule has 2 fully saturated rings. The lowest BCUT2D eigenvalue weighted by Gasteiger charge is -2.40. The number of hydrogen-bond donors (Lipinski definition) is 2. The van der Waals surface area contributed by atoms with Crippen molar-refractivity contribution in [3.05, 3.63) is 64.9 Å². The summed E-state index contributed by atoms with van der Waals surface area (Å²) >= 11 is 6.58. The number of methoxy groups -OCH3 is 1. The number of rotatable bonds is 10. The van der Waals surface area contributed by atoms with Gasteiger partial charge in [-0.1, -0.05) is 42.8 Å². The molecule has 1 saturated carbocycles. The van der Waals surface area contributed by atoms with E-state index in [1.807, 2.05) is 32.1 Å². The summed E-state index contributed by atoms with van der Waals surface area (Å²) in [6.45, 7) is 10.9. The lowest BCUT2D eigenvalue weighted by Crippen LogP contribution is -2.55. The van der Waals surface area contributed by atoms with Crippen LogP contribution in [-0.2, 0) is 14.3 Å². The Bertz CT molecular complexity index is 1230. The van der Waals surface area contributed by atoms with Gasteiger partial charge in [0.15, 0.2) is 0 Å². The van der Waals surface area contributed by atoms with E-state index in [-0.39, 0.29) is 24.1 Å². The van der Waals surface area contributed by atoms with Crippen molar-refractivity contribution in [1.82, 2.24) is 20.4 Å². The van der Waals surface area contributed by atoms with Crippen molar-refractivity contribution in [1.29, 1.82) is 0 Å². The van der Waals surface area contributed by atoms with Crippen LogP contribution >= 0.6 is 11.6 Å². The average molecular weight is 598 g/mol. The molecule has 2 amide bonds. The molecular weight excluding hydrogens is 554 g/mol. The summed E-state index contributed by atoms with van der Waals surface area (Å²) in [6, 6.07) is 5.52. The van der Waals surface area contributed by atoms with Crippen LogP contribution in [0.3, 0.4) is 0 Å². The first-order chi connectivity index (χ1) is 20.2. The fraction of sp³-hybridized carbons (Fsp3) is 0.531. The van der Waals surface area contributed by atoms with Gasteiger partial charge in [-0.2, -0.15) is 0 Å².